The number of halogens is 2. The molecule has 0 spiro atoms. The molecule has 0 radical (unpaired) electrons. The van der Waals surface area contributed by atoms with Crippen molar-refractivity contribution in [1.29, 1.82) is 0 Å². The van der Waals surface area contributed by atoms with Crippen LogP contribution in [0.5, 0.6) is 11.5 Å². The van der Waals surface area contributed by atoms with E-state index in [1.54, 1.807) is 24.3 Å². The van der Waals surface area contributed by atoms with Crippen molar-refractivity contribution in [3.63, 3.8) is 0 Å². The number of nitrogens with zero attached hydrogens (tertiary/aromatic N) is 2. The predicted molar refractivity (Wildman–Crippen MR) is 130 cm³/mol. The molecule has 1 saturated heterocycles. The maximum atomic E-state index is 13.0. The lowest BCUT2D eigenvalue weighted by Gasteiger charge is -2.37. The molecule has 34 heavy (non-hydrogen) atoms. The van der Waals surface area contributed by atoms with Gasteiger partial charge in [0.25, 0.3) is 11.8 Å². The molecule has 2 fully saturated rings. The van der Waals surface area contributed by atoms with Gasteiger partial charge in [0.1, 0.15) is 6.61 Å². The van der Waals surface area contributed by atoms with Gasteiger partial charge in [0.05, 0.1) is 29.7 Å². The summed E-state index contributed by atoms with van der Waals surface area (Å²) >= 11 is 12.5. The minimum absolute atomic E-state index is 0.128. The lowest BCUT2D eigenvalue weighted by atomic mass is 9.63. The average molecular weight is 499 g/mol. The molecule has 2 bridgehead atoms. The van der Waals surface area contributed by atoms with Gasteiger partial charge in [-0.3, -0.25) is 9.59 Å². The van der Waals surface area contributed by atoms with Crippen LogP contribution in [0.2, 0.25) is 10.0 Å². The average Bonchev–Trinajstić information content (AvgIpc) is 3.11. The molecular weight excluding hydrogens is 475 g/mol. The van der Waals surface area contributed by atoms with E-state index < -0.39 is 0 Å². The molecule has 2 amide bonds. The Labute approximate surface area is 208 Å². The van der Waals surface area contributed by atoms with Crippen molar-refractivity contribution in [2.45, 2.75) is 26.4 Å². The number of hydrogen-bond donors (Lipinski definition) is 0. The number of carbonyl (C=O) groups excluding carboxylic acids is 2. The number of ether oxygens (including phenoxy) is 2. The van der Waals surface area contributed by atoms with E-state index in [4.69, 9.17) is 32.7 Å². The second-order valence-electron chi connectivity index (χ2n) is 8.75. The number of allylic oxidation sites excluding steroid dienone is 2. The molecule has 2 aromatic rings. The number of imide groups is 1. The third kappa shape index (κ3) is 4.21. The lowest BCUT2D eigenvalue weighted by molar-refractivity contribution is -0.140. The Hall–Kier alpha value is -2.83. The van der Waals surface area contributed by atoms with Gasteiger partial charge in [0.2, 0.25) is 0 Å². The second kappa shape index (κ2) is 9.43. The van der Waals surface area contributed by atoms with Gasteiger partial charge in [-0.15, -0.1) is 0 Å². The minimum Gasteiger partial charge on any atom is -0.490 e. The Bertz CT molecular complexity index is 1150. The Morgan fingerprint density at radius 2 is 1.65 bits per heavy atom. The van der Waals surface area contributed by atoms with Crippen LogP contribution in [-0.2, 0) is 16.2 Å². The third-order valence-corrected chi connectivity index (χ3v) is 7.22. The molecule has 4 atom stereocenters. The first-order valence-electron chi connectivity index (χ1n) is 11.4. The van der Waals surface area contributed by atoms with Gasteiger partial charge in [0, 0.05) is 5.02 Å². The van der Waals surface area contributed by atoms with Crippen molar-refractivity contribution in [2.24, 2.45) is 28.8 Å². The molecule has 1 heterocycles. The van der Waals surface area contributed by atoms with Crippen molar-refractivity contribution >= 4 is 41.2 Å². The summed E-state index contributed by atoms with van der Waals surface area (Å²) in [6.45, 7) is 2.57. The van der Waals surface area contributed by atoms with E-state index in [1.165, 1.54) is 6.21 Å². The zero-order chi connectivity index (χ0) is 23.8. The third-order valence-electron chi connectivity index (χ3n) is 6.69. The first-order valence-corrected chi connectivity index (χ1v) is 12.2. The topological polar surface area (TPSA) is 68.2 Å². The zero-order valence-corrected chi connectivity index (χ0v) is 20.1. The molecule has 6 nitrogen and oxygen atoms in total. The van der Waals surface area contributed by atoms with Gasteiger partial charge in [-0.05, 0) is 67.0 Å². The summed E-state index contributed by atoms with van der Waals surface area (Å²) in [4.78, 5) is 25.9. The number of carbonyl (C=O) groups is 2. The van der Waals surface area contributed by atoms with Crippen molar-refractivity contribution in [1.82, 2.24) is 5.01 Å². The van der Waals surface area contributed by atoms with Crippen LogP contribution in [0, 0.1) is 23.7 Å². The molecule has 0 N–H and O–H groups in total. The first-order chi connectivity index (χ1) is 16.5. The van der Waals surface area contributed by atoms with Crippen LogP contribution in [0.1, 0.15) is 30.9 Å². The van der Waals surface area contributed by atoms with E-state index in [9.17, 15) is 9.59 Å². The molecular formula is C26H24Cl2N2O4. The number of benzene rings is 2. The Balaban J connectivity index is 1.35. The minimum atomic E-state index is -0.292. The molecule has 8 heteroatoms. The molecule has 6 rings (SSSR count). The van der Waals surface area contributed by atoms with Crippen molar-refractivity contribution in [3.8, 4) is 11.5 Å². The Morgan fingerprint density at radius 1 is 1.00 bits per heavy atom. The molecule has 0 unspecified atom stereocenters. The van der Waals surface area contributed by atoms with Crippen molar-refractivity contribution in [3.05, 3.63) is 69.7 Å². The van der Waals surface area contributed by atoms with E-state index in [-0.39, 0.29) is 35.5 Å². The SMILES string of the molecule is CCOc1cc(/C=N\N2C(=O)[C@@H]3[C@@H](C2=O)[C@H]2C=C[C@H]3CC2)cc(Cl)c1OCc1ccc(Cl)cc1. The van der Waals surface area contributed by atoms with Crippen LogP contribution in [0.15, 0.2) is 53.7 Å². The van der Waals surface area contributed by atoms with E-state index >= 15 is 0 Å². The van der Waals surface area contributed by atoms with Crippen LogP contribution >= 0.6 is 23.2 Å². The summed E-state index contributed by atoms with van der Waals surface area (Å²) in [6, 6.07) is 10.8. The summed E-state index contributed by atoms with van der Waals surface area (Å²) < 4.78 is 11.7. The van der Waals surface area contributed by atoms with E-state index in [1.807, 2.05) is 19.1 Å². The summed E-state index contributed by atoms with van der Waals surface area (Å²) in [6.07, 6.45) is 7.54. The van der Waals surface area contributed by atoms with E-state index in [2.05, 4.69) is 17.3 Å². The fourth-order valence-electron chi connectivity index (χ4n) is 5.10. The highest BCUT2D eigenvalue weighted by atomic mass is 35.5. The highest BCUT2D eigenvalue weighted by Gasteiger charge is 2.56. The number of amides is 2. The van der Waals surface area contributed by atoms with Crippen molar-refractivity contribution < 1.29 is 19.1 Å². The summed E-state index contributed by atoms with van der Waals surface area (Å²) in [5, 5.41) is 6.29. The fraction of sp³-hybridized carbons (Fsp3) is 0.346. The normalized spacial score (nSPS) is 25.3. The quantitative estimate of drug-likeness (QED) is 0.287. The molecule has 2 aromatic carbocycles. The maximum Gasteiger partial charge on any atom is 0.254 e. The fourth-order valence-corrected chi connectivity index (χ4v) is 5.50. The standard InChI is InChI=1S/C26H24Cl2N2O4/c1-2-33-21-12-16(11-20(28)24(21)34-14-15-3-9-19(27)10-4-15)13-29-30-25(31)22-17-5-6-18(8-7-17)23(22)26(30)32/h3-6,9-13,17-18,22-23H,2,7-8,14H2,1H3/b29-13-/t17-,18-,22-,23-/m0/s1. The zero-order valence-electron chi connectivity index (χ0n) is 18.6. The second-order valence-corrected chi connectivity index (χ2v) is 9.60. The van der Waals surface area contributed by atoms with Crippen LogP contribution in [0.25, 0.3) is 0 Å². The number of fused-ring (bicyclic) bond motifs is 1. The van der Waals surface area contributed by atoms with E-state index in [0.717, 1.165) is 23.4 Å². The summed E-state index contributed by atoms with van der Waals surface area (Å²) in [5.74, 6) is 0.108. The number of hydrogen-bond acceptors (Lipinski definition) is 5. The molecule has 4 aliphatic rings. The lowest BCUT2D eigenvalue weighted by Crippen LogP contribution is -2.38. The summed E-state index contributed by atoms with van der Waals surface area (Å²) in [7, 11) is 0. The van der Waals surface area contributed by atoms with Gasteiger partial charge in [-0.25, -0.2) is 0 Å². The Kier molecular flexibility index (Phi) is 6.36. The van der Waals surface area contributed by atoms with E-state index in [0.29, 0.717) is 40.3 Å². The smallest absolute Gasteiger partial charge is 0.254 e. The largest absolute Gasteiger partial charge is 0.490 e. The molecule has 1 saturated carbocycles. The molecule has 0 aromatic heterocycles. The van der Waals surface area contributed by atoms with Crippen LogP contribution in [-0.4, -0.2) is 29.6 Å². The number of rotatable bonds is 7. The van der Waals surface area contributed by atoms with Crippen LogP contribution < -0.4 is 9.47 Å². The monoisotopic (exact) mass is 498 g/mol. The van der Waals surface area contributed by atoms with Crippen LogP contribution in [0.3, 0.4) is 0 Å². The molecule has 3 aliphatic carbocycles. The molecule has 1 aliphatic heterocycles. The first kappa shape index (κ1) is 22.9. The summed E-state index contributed by atoms with van der Waals surface area (Å²) in [5.41, 5.74) is 1.54. The highest BCUT2D eigenvalue weighted by molar-refractivity contribution is 6.32. The van der Waals surface area contributed by atoms with Gasteiger partial charge in [-0.2, -0.15) is 10.1 Å². The van der Waals surface area contributed by atoms with Gasteiger partial charge < -0.3 is 9.47 Å². The predicted octanol–water partition coefficient (Wildman–Crippen LogP) is 5.50. The maximum absolute atomic E-state index is 13.0. The van der Waals surface area contributed by atoms with Gasteiger partial charge in [0.15, 0.2) is 11.5 Å². The van der Waals surface area contributed by atoms with Crippen molar-refractivity contribution in [2.75, 3.05) is 6.61 Å². The molecule has 176 valence electrons. The van der Waals surface area contributed by atoms with Crippen LogP contribution in [0.4, 0.5) is 0 Å². The highest BCUT2D eigenvalue weighted by Crippen LogP contribution is 2.49. The Morgan fingerprint density at radius 3 is 2.24 bits per heavy atom. The number of hydrazone groups is 1. The van der Waals surface area contributed by atoms with Gasteiger partial charge >= 0.3 is 0 Å². The van der Waals surface area contributed by atoms with Gasteiger partial charge in [-0.1, -0.05) is 47.5 Å².